The number of hydrogen-bond acceptors (Lipinski definition) is 3. The molecule has 1 amide bonds. The molecule has 1 aromatic carbocycles. The number of carbonyl (C=O) groups is 1. The number of pyridine rings is 1. The van der Waals surface area contributed by atoms with Gasteiger partial charge in [0.1, 0.15) is 24.0 Å². The molecule has 0 aliphatic carbocycles. The Morgan fingerprint density at radius 1 is 1.23 bits per heavy atom. The highest BCUT2D eigenvalue weighted by Crippen LogP contribution is 2.19. The largest absolute Gasteiger partial charge is 0.347 e. The van der Waals surface area contributed by atoms with E-state index in [4.69, 9.17) is 5.26 Å². The van der Waals surface area contributed by atoms with Gasteiger partial charge in [-0.15, -0.1) is 0 Å². The molecule has 0 fully saturated rings. The van der Waals surface area contributed by atoms with E-state index in [1.807, 2.05) is 6.07 Å². The first kappa shape index (κ1) is 15.4. The summed E-state index contributed by atoms with van der Waals surface area (Å²) in [5.41, 5.74) is 0.464. The number of rotatable bonds is 3. The summed E-state index contributed by atoms with van der Waals surface area (Å²) in [7, 11) is 3.16. The second kappa shape index (κ2) is 6.22. The van der Waals surface area contributed by atoms with Gasteiger partial charge in [0.25, 0.3) is 5.56 Å². The van der Waals surface area contributed by atoms with Crippen LogP contribution in [0.1, 0.15) is 5.56 Å². The molecule has 6 heteroatoms. The van der Waals surface area contributed by atoms with Crippen molar-refractivity contribution in [2.24, 2.45) is 0 Å². The molecule has 0 unspecified atom stereocenters. The third kappa shape index (κ3) is 3.04. The summed E-state index contributed by atoms with van der Waals surface area (Å²) in [5.74, 6) is -0.670. The number of amides is 1. The highest BCUT2D eigenvalue weighted by atomic mass is 19.1. The van der Waals surface area contributed by atoms with E-state index in [1.54, 1.807) is 20.2 Å². The second-order valence-corrected chi connectivity index (χ2v) is 4.93. The Kier molecular flexibility index (Phi) is 4.37. The molecule has 0 atom stereocenters. The fourth-order valence-corrected chi connectivity index (χ4v) is 1.97. The first-order chi connectivity index (χ1) is 10.4. The van der Waals surface area contributed by atoms with Crippen molar-refractivity contribution in [3.63, 3.8) is 0 Å². The minimum absolute atomic E-state index is 0.0441. The van der Waals surface area contributed by atoms with Gasteiger partial charge in [0.05, 0.1) is 5.69 Å². The predicted molar refractivity (Wildman–Crippen MR) is 79.5 cm³/mol. The van der Waals surface area contributed by atoms with Crippen LogP contribution in [-0.2, 0) is 11.3 Å². The lowest BCUT2D eigenvalue weighted by molar-refractivity contribution is -0.129. The van der Waals surface area contributed by atoms with Crippen LogP contribution in [0.25, 0.3) is 11.3 Å². The molecule has 0 aliphatic heterocycles. The van der Waals surface area contributed by atoms with Crippen LogP contribution in [0.5, 0.6) is 0 Å². The molecule has 0 bridgehead atoms. The summed E-state index contributed by atoms with van der Waals surface area (Å²) in [6, 6.07) is 10.4. The molecule has 0 saturated heterocycles. The van der Waals surface area contributed by atoms with Crippen molar-refractivity contribution in [2.45, 2.75) is 6.54 Å². The predicted octanol–water partition coefficient (Wildman–Crippen LogP) is 1.61. The van der Waals surface area contributed by atoms with Crippen molar-refractivity contribution < 1.29 is 9.18 Å². The molecule has 0 aliphatic rings. The maximum atomic E-state index is 13.0. The van der Waals surface area contributed by atoms with Gasteiger partial charge in [-0.05, 0) is 42.0 Å². The van der Waals surface area contributed by atoms with E-state index in [0.29, 0.717) is 11.3 Å². The van der Waals surface area contributed by atoms with Crippen LogP contribution in [0, 0.1) is 17.1 Å². The van der Waals surface area contributed by atoms with E-state index in [0.717, 1.165) is 0 Å². The monoisotopic (exact) mass is 299 g/mol. The summed E-state index contributed by atoms with van der Waals surface area (Å²) < 4.78 is 14.3. The first-order valence-electron chi connectivity index (χ1n) is 6.54. The van der Waals surface area contributed by atoms with E-state index in [1.165, 1.54) is 39.8 Å². The Morgan fingerprint density at radius 3 is 2.41 bits per heavy atom. The molecule has 0 radical (unpaired) electrons. The SMILES string of the molecule is CN(C)C(=O)Cn1c(-c2ccc(F)cc2)ccc(C#N)c1=O. The average molecular weight is 299 g/mol. The summed E-state index contributed by atoms with van der Waals surface area (Å²) in [4.78, 5) is 25.6. The maximum Gasteiger partial charge on any atom is 0.269 e. The molecule has 0 spiro atoms. The van der Waals surface area contributed by atoms with Crippen LogP contribution in [0.4, 0.5) is 4.39 Å². The molecule has 0 N–H and O–H groups in total. The normalized spacial score (nSPS) is 10.1. The van der Waals surface area contributed by atoms with Crippen molar-refractivity contribution in [1.29, 1.82) is 5.26 Å². The Hall–Kier alpha value is -2.94. The number of nitriles is 1. The highest BCUT2D eigenvalue weighted by molar-refractivity contribution is 5.76. The van der Waals surface area contributed by atoms with Crippen molar-refractivity contribution in [1.82, 2.24) is 9.47 Å². The number of benzene rings is 1. The van der Waals surface area contributed by atoms with E-state index < -0.39 is 11.4 Å². The van der Waals surface area contributed by atoms with Crippen LogP contribution in [0.3, 0.4) is 0 Å². The summed E-state index contributed by atoms with van der Waals surface area (Å²) in [6.45, 7) is -0.186. The summed E-state index contributed by atoms with van der Waals surface area (Å²) in [5, 5.41) is 8.98. The van der Waals surface area contributed by atoms with Crippen molar-refractivity contribution in [2.75, 3.05) is 14.1 Å². The molecule has 1 aromatic heterocycles. The quantitative estimate of drug-likeness (QED) is 0.865. The van der Waals surface area contributed by atoms with Gasteiger partial charge < -0.3 is 4.90 Å². The third-order valence-corrected chi connectivity index (χ3v) is 3.23. The molecule has 0 saturated carbocycles. The number of aromatic nitrogens is 1. The number of nitrogens with zero attached hydrogens (tertiary/aromatic N) is 3. The standard InChI is InChI=1S/C16H14FN3O2/c1-19(2)15(21)10-20-14(8-5-12(9-18)16(20)22)11-3-6-13(17)7-4-11/h3-8H,10H2,1-2H3. The number of halogens is 1. The van der Waals surface area contributed by atoms with Gasteiger partial charge in [-0.1, -0.05) is 0 Å². The Bertz CT molecular complexity index is 802. The molecule has 112 valence electrons. The molecular formula is C16H14FN3O2. The molecule has 2 rings (SSSR count). The van der Waals surface area contributed by atoms with Gasteiger partial charge in [-0.25, -0.2) is 4.39 Å². The lowest BCUT2D eigenvalue weighted by Gasteiger charge is -2.16. The van der Waals surface area contributed by atoms with Crippen LogP contribution >= 0.6 is 0 Å². The zero-order valence-corrected chi connectivity index (χ0v) is 12.2. The molecule has 1 heterocycles. The van der Waals surface area contributed by atoms with Gasteiger partial charge in [0, 0.05) is 14.1 Å². The first-order valence-corrected chi connectivity index (χ1v) is 6.54. The minimum Gasteiger partial charge on any atom is -0.347 e. The zero-order valence-electron chi connectivity index (χ0n) is 12.2. The topological polar surface area (TPSA) is 66.1 Å². The molecule has 2 aromatic rings. The zero-order chi connectivity index (χ0) is 16.3. The summed E-state index contributed by atoms with van der Waals surface area (Å²) >= 11 is 0. The van der Waals surface area contributed by atoms with Gasteiger partial charge in [0.2, 0.25) is 5.91 Å². The minimum atomic E-state index is -0.542. The van der Waals surface area contributed by atoms with Crippen molar-refractivity contribution >= 4 is 5.91 Å². The van der Waals surface area contributed by atoms with E-state index >= 15 is 0 Å². The molecular weight excluding hydrogens is 285 g/mol. The van der Waals surface area contributed by atoms with Gasteiger partial charge >= 0.3 is 0 Å². The Balaban J connectivity index is 2.61. The third-order valence-electron chi connectivity index (χ3n) is 3.23. The smallest absolute Gasteiger partial charge is 0.269 e. The van der Waals surface area contributed by atoms with Crippen LogP contribution in [0.2, 0.25) is 0 Å². The highest BCUT2D eigenvalue weighted by Gasteiger charge is 2.14. The van der Waals surface area contributed by atoms with Gasteiger partial charge in [0.15, 0.2) is 0 Å². The van der Waals surface area contributed by atoms with Crippen molar-refractivity contribution in [3.05, 3.63) is 58.1 Å². The van der Waals surface area contributed by atoms with Crippen LogP contribution in [-0.4, -0.2) is 29.5 Å². The van der Waals surface area contributed by atoms with Crippen LogP contribution in [0.15, 0.2) is 41.2 Å². The number of hydrogen-bond donors (Lipinski definition) is 0. The van der Waals surface area contributed by atoms with Crippen LogP contribution < -0.4 is 5.56 Å². The lowest BCUT2D eigenvalue weighted by atomic mass is 10.1. The fourth-order valence-electron chi connectivity index (χ4n) is 1.97. The van der Waals surface area contributed by atoms with Crippen molar-refractivity contribution in [3.8, 4) is 17.3 Å². The van der Waals surface area contributed by atoms with Gasteiger partial charge in [-0.2, -0.15) is 5.26 Å². The van der Waals surface area contributed by atoms with E-state index in [-0.39, 0.29) is 18.0 Å². The van der Waals surface area contributed by atoms with E-state index in [9.17, 15) is 14.0 Å². The summed E-state index contributed by atoms with van der Waals surface area (Å²) in [6.07, 6.45) is 0. The Morgan fingerprint density at radius 2 is 1.86 bits per heavy atom. The fraction of sp³-hybridized carbons (Fsp3) is 0.188. The molecule has 22 heavy (non-hydrogen) atoms. The molecule has 5 nitrogen and oxygen atoms in total. The van der Waals surface area contributed by atoms with E-state index in [2.05, 4.69) is 0 Å². The van der Waals surface area contributed by atoms with Gasteiger partial charge in [-0.3, -0.25) is 14.2 Å². The number of likely N-dealkylation sites (N-methyl/N-ethyl adjacent to an activating group) is 1. The number of carbonyl (C=O) groups excluding carboxylic acids is 1. The lowest BCUT2D eigenvalue weighted by Crippen LogP contribution is -2.33. The Labute approximate surface area is 126 Å². The maximum absolute atomic E-state index is 13.0. The average Bonchev–Trinajstić information content (AvgIpc) is 2.50. The second-order valence-electron chi connectivity index (χ2n) is 4.93.